The molecular formula is C13H20BrN5. The molecule has 2 aromatic rings. The topological polar surface area (TPSA) is 66.5 Å². The average molecular weight is 326 g/mol. The molecule has 0 aromatic carbocycles. The van der Waals surface area contributed by atoms with Crippen molar-refractivity contribution in [3.63, 3.8) is 0 Å². The van der Waals surface area contributed by atoms with E-state index < -0.39 is 0 Å². The standard InChI is InChI=1S/C13H20BrN5/c1-4-6-9(7-5-2)17-13-11-10(12(14)19-18-11)15-8(3)16-13/h9H,4-7H2,1-3H3,(H,18,19)(H,15,16,17). The quantitative estimate of drug-likeness (QED) is 0.847. The number of halogens is 1. The van der Waals surface area contributed by atoms with Gasteiger partial charge in [-0.25, -0.2) is 9.97 Å². The second-order valence-corrected chi connectivity index (χ2v) is 5.57. The van der Waals surface area contributed by atoms with E-state index >= 15 is 0 Å². The maximum Gasteiger partial charge on any atom is 0.158 e. The number of aromatic nitrogens is 4. The molecule has 104 valence electrons. The lowest BCUT2D eigenvalue weighted by Crippen LogP contribution is -2.20. The summed E-state index contributed by atoms with van der Waals surface area (Å²) in [6, 6.07) is 0.447. The van der Waals surface area contributed by atoms with Gasteiger partial charge in [0.1, 0.15) is 15.9 Å². The molecule has 0 spiro atoms. The van der Waals surface area contributed by atoms with Crippen LogP contribution in [-0.4, -0.2) is 26.2 Å². The highest BCUT2D eigenvalue weighted by Crippen LogP contribution is 2.25. The van der Waals surface area contributed by atoms with E-state index in [1.54, 1.807) is 0 Å². The van der Waals surface area contributed by atoms with Crippen molar-refractivity contribution in [1.82, 2.24) is 20.2 Å². The summed E-state index contributed by atoms with van der Waals surface area (Å²) in [5.41, 5.74) is 1.64. The molecule has 0 unspecified atom stereocenters. The molecule has 0 aliphatic rings. The lowest BCUT2D eigenvalue weighted by Gasteiger charge is -2.18. The van der Waals surface area contributed by atoms with Gasteiger partial charge in [-0.2, -0.15) is 5.10 Å². The molecule has 19 heavy (non-hydrogen) atoms. The molecule has 2 aromatic heterocycles. The third-order valence-corrected chi connectivity index (χ3v) is 3.64. The number of nitrogens with one attached hydrogen (secondary N) is 2. The zero-order valence-electron chi connectivity index (χ0n) is 11.6. The van der Waals surface area contributed by atoms with Gasteiger partial charge in [-0.05, 0) is 35.7 Å². The summed E-state index contributed by atoms with van der Waals surface area (Å²) in [6.45, 7) is 6.31. The summed E-state index contributed by atoms with van der Waals surface area (Å²) in [5.74, 6) is 1.58. The number of hydrogen-bond acceptors (Lipinski definition) is 4. The van der Waals surface area contributed by atoms with Crippen LogP contribution in [0.5, 0.6) is 0 Å². The summed E-state index contributed by atoms with van der Waals surface area (Å²) in [5, 5.41) is 10.7. The zero-order valence-corrected chi connectivity index (χ0v) is 13.2. The molecule has 0 aliphatic carbocycles. The van der Waals surface area contributed by atoms with Crippen LogP contribution in [0.1, 0.15) is 45.4 Å². The van der Waals surface area contributed by atoms with Gasteiger partial charge >= 0.3 is 0 Å². The van der Waals surface area contributed by atoms with E-state index in [9.17, 15) is 0 Å². The number of nitrogens with zero attached hydrogens (tertiary/aromatic N) is 3. The number of aromatic amines is 1. The Kier molecular flexibility index (Phi) is 4.74. The first kappa shape index (κ1) is 14.2. The van der Waals surface area contributed by atoms with E-state index in [0.29, 0.717) is 6.04 Å². The predicted octanol–water partition coefficient (Wildman–Crippen LogP) is 3.80. The smallest absolute Gasteiger partial charge is 0.158 e. The van der Waals surface area contributed by atoms with Crippen molar-refractivity contribution in [2.45, 2.75) is 52.5 Å². The van der Waals surface area contributed by atoms with Gasteiger partial charge in [-0.3, -0.25) is 5.10 Å². The van der Waals surface area contributed by atoms with Crippen molar-refractivity contribution in [1.29, 1.82) is 0 Å². The van der Waals surface area contributed by atoms with Gasteiger partial charge in [0.05, 0.1) is 0 Å². The van der Waals surface area contributed by atoms with E-state index in [2.05, 4.69) is 55.3 Å². The van der Waals surface area contributed by atoms with Crippen LogP contribution in [0.2, 0.25) is 0 Å². The highest BCUT2D eigenvalue weighted by atomic mass is 79.9. The van der Waals surface area contributed by atoms with Crippen molar-refractivity contribution in [2.24, 2.45) is 0 Å². The summed E-state index contributed by atoms with van der Waals surface area (Å²) in [6.07, 6.45) is 4.61. The Morgan fingerprint density at radius 1 is 1.16 bits per heavy atom. The van der Waals surface area contributed by atoms with Crippen LogP contribution in [-0.2, 0) is 0 Å². The van der Waals surface area contributed by atoms with E-state index in [-0.39, 0.29) is 0 Å². The highest BCUT2D eigenvalue weighted by Gasteiger charge is 2.15. The van der Waals surface area contributed by atoms with E-state index in [1.165, 1.54) is 0 Å². The second kappa shape index (κ2) is 6.32. The van der Waals surface area contributed by atoms with Crippen LogP contribution in [0.25, 0.3) is 11.0 Å². The molecule has 0 radical (unpaired) electrons. The predicted molar refractivity (Wildman–Crippen MR) is 81.3 cm³/mol. The van der Waals surface area contributed by atoms with Gasteiger partial charge < -0.3 is 5.32 Å². The van der Waals surface area contributed by atoms with Gasteiger partial charge in [0.2, 0.25) is 0 Å². The minimum Gasteiger partial charge on any atom is -0.365 e. The van der Waals surface area contributed by atoms with Gasteiger partial charge in [0.25, 0.3) is 0 Å². The fourth-order valence-corrected chi connectivity index (χ4v) is 2.63. The summed E-state index contributed by atoms with van der Waals surface area (Å²) in [7, 11) is 0. The van der Waals surface area contributed by atoms with Crippen LogP contribution in [0, 0.1) is 6.92 Å². The second-order valence-electron chi connectivity index (χ2n) is 4.77. The Morgan fingerprint density at radius 2 is 1.84 bits per heavy atom. The summed E-state index contributed by atoms with van der Waals surface area (Å²) in [4.78, 5) is 8.90. The lowest BCUT2D eigenvalue weighted by atomic mass is 10.1. The lowest BCUT2D eigenvalue weighted by molar-refractivity contribution is 0.584. The molecule has 5 nitrogen and oxygen atoms in total. The highest BCUT2D eigenvalue weighted by molar-refractivity contribution is 9.10. The molecule has 2 rings (SSSR count). The van der Waals surface area contributed by atoms with Crippen molar-refractivity contribution in [3.8, 4) is 0 Å². The minimum atomic E-state index is 0.447. The fraction of sp³-hybridized carbons (Fsp3) is 0.615. The first-order valence-electron chi connectivity index (χ1n) is 6.80. The molecule has 0 bridgehead atoms. The SMILES string of the molecule is CCCC(CCC)Nc1nc(C)nc2c(Br)[nH]nc12. The molecule has 0 aliphatic heterocycles. The number of aryl methyl sites for hydroxylation is 1. The molecule has 2 heterocycles. The van der Waals surface area contributed by atoms with Gasteiger partial charge in [0, 0.05) is 6.04 Å². The summed E-state index contributed by atoms with van der Waals surface area (Å²) >= 11 is 3.43. The van der Waals surface area contributed by atoms with Crippen LogP contribution >= 0.6 is 15.9 Å². The number of rotatable bonds is 6. The van der Waals surface area contributed by atoms with Crippen LogP contribution in [0.15, 0.2) is 4.60 Å². The van der Waals surface area contributed by atoms with E-state index in [1.807, 2.05) is 6.92 Å². The van der Waals surface area contributed by atoms with Crippen molar-refractivity contribution < 1.29 is 0 Å². The molecule has 6 heteroatoms. The minimum absolute atomic E-state index is 0.447. The van der Waals surface area contributed by atoms with Crippen molar-refractivity contribution >= 4 is 32.8 Å². The number of fused-ring (bicyclic) bond motifs is 1. The van der Waals surface area contributed by atoms with E-state index in [0.717, 1.165) is 53.0 Å². The molecule has 0 saturated heterocycles. The van der Waals surface area contributed by atoms with Crippen molar-refractivity contribution in [2.75, 3.05) is 5.32 Å². The zero-order chi connectivity index (χ0) is 13.8. The molecule has 2 N–H and O–H groups in total. The van der Waals surface area contributed by atoms with Crippen molar-refractivity contribution in [3.05, 3.63) is 10.4 Å². The van der Waals surface area contributed by atoms with Gasteiger partial charge in [-0.15, -0.1) is 0 Å². The largest absolute Gasteiger partial charge is 0.365 e. The number of H-pyrrole nitrogens is 1. The van der Waals surface area contributed by atoms with Crippen LogP contribution in [0.4, 0.5) is 5.82 Å². The van der Waals surface area contributed by atoms with Crippen LogP contribution < -0.4 is 5.32 Å². The number of hydrogen-bond donors (Lipinski definition) is 2. The number of anilines is 1. The fourth-order valence-electron chi connectivity index (χ4n) is 2.26. The normalized spacial score (nSPS) is 11.4. The molecule has 0 amide bonds. The average Bonchev–Trinajstić information content (AvgIpc) is 2.72. The van der Waals surface area contributed by atoms with Gasteiger partial charge in [0.15, 0.2) is 11.3 Å². The third kappa shape index (κ3) is 3.23. The first-order chi connectivity index (χ1) is 9.15. The Balaban J connectivity index is 2.32. The third-order valence-electron chi connectivity index (χ3n) is 3.08. The molecule has 0 fully saturated rings. The monoisotopic (exact) mass is 325 g/mol. The molecule has 0 saturated carbocycles. The Bertz CT molecular complexity index is 545. The molecular weight excluding hydrogens is 306 g/mol. The Labute approximate surface area is 121 Å². The van der Waals surface area contributed by atoms with Gasteiger partial charge in [-0.1, -0.05) is 26.7 Å². The first-order valence-corrected chi connectivity index (χ1v) is 7.59. The Hall–Kier alpha value is -1.17. The maximum atomic E-state index is 4.49. The maximum absolute atomic E-state index is 4.49. The molecule has 0 atom stereocenters. The summed E-state index contributed by atoms with van der Waals surface area (Å²) < 4.78 is 0.804. The van der Waals surface area contributed by atoms with Crippen LogP contribution in [0.3, 0.4) is 0 Å². The van der Waals surface area contributed by atoms with E-state index in [4.69, 9.17) is 0 Å². The Morgan fingerprint density at radius 3 is 2.47 bits per heavy atom.